The van der Waals surface area contributed by atoms with E-state index in [1.54, 1.807) is 11.8 Å². The third-order valence-corrected chi connectivity index (χ3v) is 3.45. The Morgan fingerprint density at radius 3 is 2.78 bits per heavy atom. The predicted molar refractivity (Wildman–Crippen MR) is 77.1 cm³/mol. The highest BCUT2D eigenvalue weighted by atomic mass is 19.1. The van der Waals surface area contributed by atoms with Crippen molar-refractivity contribution < 1.29 is 13.9 Å². The molecule has 1 saturated heterocycles. The van der Waals surface area contributed by atoms with Crippen molar-refractivity contribution in [1.29, 1.82) is 0 Å². The van der Waals surface area contributed by atoms with Gasteiger partial charge in [-0.15, -0.1) is 0 Å². The predicted octanol–water partition coefficient (Wildman–Crippen LogP) is 0.187. The molecule has 1 aliphatic heterocycles. The smallest absolute Gasteiger partial charge is 0.312 e. The molecule has 0 aromatic carbocycles. The molecule has 23 heavy (non-hydrogen) atoms. The van der Waals surface area contributed by atoms with Gasteiger partial charge < -0.3 is 9.64 Å². The van der Waals surface area contributed by atoms with Crippen LogP contribution in [0, 0.1) is 18.7 Å². The number of aromatic nitrogens is 4. The van der Waals surface area contributed by atoms with Gasteiger partial charge in [-0.3, -0.25) is 14.7 Å². The summed E-state index contributed by atoms with van der Waals surface area (Å²) in [5, 5.41) is 6.50. The zero-order valence-corrected chi connectivity index (χ0v) is 12.3. The van der Waals surface area contributed by atoms with E-state index in [1.165, 1.54) is 6.07 Å². The van der Waals surface area contributed by atoms with Crippen LogP contribution in [0.15, 0.2) is 23.3 Å². The lowest BCUT2D eigenvalue weighted by atomic mass is 10.0. The van der Waals surface area contributed by atoms with E-state index in [4.69, 9.17) is 4.74 Å². The maximum atomic E-state index is 12.7. The summed E-state index contributed by atoms with van der Waals surface area (Å²) in [6.07, 6.45) is 2.15. The van der Waals surface area contributed by atoms with E-state index in [0.717, 1.165) is 12.4 Å². The van der Waals surface area contributed by atoms with E-state index in [1.807, 2.05) is 0 Å². The van der Waals surface area contributed by atoms with Gasteiger partial charge in [0.15, 0.2) is 5.82 Å². The van der Waals surface area contributed by atoms with Gasteiger partial charge in [-0.05, 0) is 6.92 Å². The molecule has 8 nitrogen and oxygen atoms in total. The molecule has 120 valence electrons. The highest BCUT2D eigenvalue weighted by Crippen LogP contribution is 2.21. The molecule has 1 fully saturated rings. The third kappa shape index (κ3) is 3.33. The molecule has 3 rings (SSSR count). The van der Waals surface area contributed by atoms with Gasteiger partial charge in [0, 0.05) is 24.8 Å². The van der Waals surface area contributed by atoms with Gasteiger partial charge in [-0.25, -0.2) is 14.4 Å². The number of H-pyrrole nitrogens is 1. The molecule has 0 aliphatic carbocycles. The summed E-state index contributed by atoms with van der Waals surface area (Å²) in [5.41, 5.74) is 0.519. The first-order valence-electron chi connectivity index (χ1n) is 6.97. The first kappa shape index (κ1) is 15.1. The monoisotopic (exact) mass is 319 g/mol. The van der Waals surface area contributed by atoms with Gasteiger partial charge in [0.05, 0.1) is 18.3 Å². The van der Waals surface area contributed by atoms with E-state index in [2.05, 4.69) is 20.2 Å². The number of nitrogens with zero attached hydrogens (tertiary/aromatic N) is 4. The van der Waals surface area contributed by atoms with Crippen molar-refractivity contribution >= 4 is 11.9 Å². The van der Waals surface area contributed by atoms with Crippen LogP contribution < -0.4 is 10.3 Å². The van der Waals surface area contributed by atoms with Gasteiger partial charge in [0.1, 0.15) is 12.3 Å². The molecule has 0 unspecified atom stereocenters. The maximum Gasteiger partial charge on any atom is 0.312 e. The van der Waals surface area contributed by atoms with Crippen LogP contribution in [0.5, 0.6) is 0 Å². The van der Waals surface area contributed by atoms with Crippen molar-refractivity contribution in [2.45, 2.75) is 13.5 Å². The molecule has 1 N–H and O–H groups in total. The van der Waals surface area contributed by atoms with E-state index < -0.39 is 11.8 Å². The third-order valence-electron chi connectivity index (χ3n) is 3.45. The van der Waals surface area contributed by atoms with E-state index >= 15 is 0 Å². The van der Waals surface area contributed by atoms with Crippen LogP contribution in [0.1, 0.15) is 11.4 Å². The van der Waals surface area contributed by atoms with Crippen LogP contribution in [0.3, 0.4) is 0 Å². The summed E-state index contributed by atoms with van der Waals surface area (Å²) >= 11 is 0. The number of anilines is 1. The van der Waals surface area contributed by atoms with Crippen LogP contribution in [0.4, 0.5) is 10.3 Å². The lowest BCUT2D eigenvalue weighted by Crippen LogP contribution is -2.51. The summed E-state index contributed by atoms with van der Waals surface area (Å²) in [6, 6.07) is 1.40. The average molecular weight is 319 g/mol. The van der Waals surface area contributed by atoms with Crippen molar-refractivity contribution in [3.05, 3.63) is 45.9 Å². The fourth-order valence-corrected chi connectivity index (χ4v) is 2.14. The summed E-state index contributed by atoms with van der Waals surface area (Å²) in [5.74, 6) is -0.883. The number of rotatable bonds is 4. The molecule has 2 aromatic rings. The molecule has 0 saturated carbocycles. The number of ether oxygens (including phenoxy) is 1. The van der Waals surface area contributed by atoms with E-state index in [0.29, 0.717) is 24.7 Å². The Labute approximate surface area is 130 Å². The Kier molecular flexibility index (Phi) is 4.00. The van der Waals surface area contributed by atoms with Crippen LogP contribution in [-0.2, 0) is 16.1 Å². The number of aryl methyl sites for hydroxylation is 1. The largest absolute Gasteiger partial charge is 0.459 e. The molecule has 2 aromatic heterocycles. The Hall–Kier alpha value is -2.84. The number of carbonyl (C=O) groups is 1. The first-order valence-corrected chi connectivity index (χ1v) is 6.97. The molecule has 9 heteroatoms. The van der Waals surface area contributed by atoms with Gasteiger partial charge >= 0.3 is 5.97 Å². The molecule has 0 bridgehead atoms. The number of hydrogen-bond acceptors (Lipinski definition) is 7. The molecule has 0 atom stereocenters. The van der Waals surface area contributed by atoms with Gasteiger partial charge in [-0.1, -0.05) is 0 Å². The number of esters is 1. The topological polar surface area (TPSA) is 101 Å². The quantitative estimate of drug-likeness (QED) is 0.803. The number of nitrogens with one attached hydrogen (secondary N) is 1. The van der Waals surface area contributed by atoms with Gasteiger partial charge in [0.25, 0.3) is 0 Å². The number of halogens is 1. The number of aromatic amines is 1. The minimum absolute atomic E-state index is 0.155. The molecule has 3 heterocycles. The standard InChI is InChI=1S/C14H14FN5O3/c1-8-2-12(21)11(19-18-8)7-23-13(22)9-5-20(6-9)14-16-3-10(15)4-17-14/h2-4,9H,5-7H2,1H3,(H,18,21). The fraction of sp³-hybridized carbons (Fsp3) is 0.357. The molecule has 0 spiro atoms. The number of hydrogen-bond donors (Lipinski definition) is 1. The average Bonchev–Trinajstić information content (AvgIpc) is 2.47. The molecule has 1 aliphatic rings. The van der Waals surface area contributed by atoms with Gasteiger partial charge in [-0.2, -0.15) is 5.10 Å². The lowest BCUT2D eigenvalue weighted by Gasteiger charge is -2.37. The summed E-state index contributed by atoms with van der Waals surface area (Å²) in [4.78, 5) is 33.0. The minimum atomic E-state index is -0.513. The lowest BCUT2D eigenvalue weighted by molar-refractivity contribution is -0.150. The molecular formula is C14H14FN5O3. The highest BCUT2D eigenvalue weighted by molar-refractivity contribution is 5.76. The highest BCUT2D eigenvalue weighted by Gasteiger charge is 2.35. The van der Waals surface area contributed by atoms with Gasteiger partial charge in [0.2, 0.25) is 11.4 Å². The van der Waals surface area contributed by atoms with E-state index in [-0.39, 0.29) is 23.6 Å². The summed E-state index contributed by atoms with van der Waals surface area (Å²) < 4.78 is 17.9. The Morgan fingerprint density at radius 2 is 2.13 bits per heavy atom. The second-order valence-electron chi connectivity index (χ2n) is 5.27. The van der Waals surface area contributed by atoms with Crippen molar-refractivity contribution in [3.8, 4) is 0 Å². The summed E-state index contributed by atoms with van der Waals surface area (Å²) in [6.45, 7) is 2.33. The van der Waals surface area contributed by atoms with Crippen LogP contribution in [0.25, 0.3) is 0 Å². The Morgan fingerprint density at radius 1 is 1.43 bits per heavy atom. The second kappa shape index (κ2) is 6.11. The molecule has 0 amide bonds. The Balaban J connectivity index is 1.51. The van der Waals surface area contributed by atoms with Crippen LogP contribution in [-0.4, -0.2) is 39.2 Å². The van der Waals surface area contributed by atoms with E-state index in [9.17, 15) is 14.0 Å². The van der Waals surface area contributed by atoms with Crippen LogP contribution >= 0.6 is 0 Å². The zero-order valence-electron chi connectivity index (χ0n) is 12.3. The molecular weight excluding hydrogens is 305 g/mol. The van der Waals surface area contributed by atoms with Crippen LogP contribution in [0.2, 0.25) is 0 Å². The SMILES string of the molecule is Cc1cc(=O)c(COC(=O)C2CN(c3ncc(F)cn3)C2)n[nH]1. The fourth-order valence-electron chi connectivity index (χ4n) is 2.14. The molecule has 0 radical (unpaired) electrons. The number of carbonyl (C=O) groups excluding carboxylic acids is 1. The van der Waals surface area contributed by atoms with Crippen molar-refractivity contribution in [2.24, 2.45) is 5.92 Å². The summed E-state index contributed by atoms with van der Waals surface area (Å²) in [7, 11) is 0. The van der Waals surface area contributed by atoms with Crippen molar-refractivity contribution in [1.82, 2.24) is 20.2 Å². The van der Waals surface area contributed by atoms with Crippen molar-refractivity contribution in [2.75, 3.05) is 18.0 Å². The first-order chi connectivity index (χ1) is 11.0. The van der Waals surface area contributed by atoms with Crippen molar-refractivity contribution in [3.63, 3.8) is 0 Å². The zero-order chi connectivity index (χ0) is 16.4. The Bertz CT molecular complexity index is 771. The maximum absolute atomic E-state index is 12.7. The normalized spacial score (nSPS) is 14.4. The minimum Gasteiger partial charge on any atom is -0.459 e. The second-order valence-corrected chi connectivity index (χ2v) is 5.27.